The van der Waals surface area contributed by atoms with Crippen LogP contribution in [0.5, 0.6) is 11.5 Å². The van der Waals surface area contributed by atoms with Crippen LogP contribution < -0.4 is 72.4 Å². The number of ether oxygens (including phenoxy) is 1. The average molecular weight is 1070 g/mol. The first-order valence-electron chi connectivity index (χ1n) is 29.2. The Balaban J connectivity index is 0.944. The number of benzene rings is 11. The van der Waals surface area contributed by atoms with Crippen molar-refractivity contribution in [3.63, 3.8) is 0 Å². The first-order valence-corrected chi connectivity index (χ1v) is 33.2. The topological polar surface area (TPSA) is 15.7 Å². The molecular weight excluding hydrogens is 1010 g/mol. The van der Waals surface area contributed by atoms with E-state index in [4.69, 9.17) is 4.74 Å². The number of hydrogen-bond donors (Lipinski definition) is 0. The second-order valence-corrected chi connectivity index (χ2v) is 31.3. The Morgan fingerprint density at radius 2 is 0.704 bits per heavy atom. The van der Waals surface area contributed by atoms with Crippen LogP contribution in [-0.2, 0) is 0 Å². The molecule has 0 bridgehead atoms. The van der Waals surface area contributed by atoms with Crippen molar-refractivity contribution in [1.82, 2.24) is 0 Å². The Hall–Kier alpha value is -8.68. The normalized spacial score (nSPS) is 14.9. The van der Waals surface area contributed by atoms with Crippen LogP contribution in [0, 0.1) is 0 Å². The zero-order valence-electron chi connectivity index (χ0n) is 46.7. The van der Waals surface area contributed by atoms with Crippen LogP contribution in [0.4, 0.5) is 34.1 Å². The van der Waals surface area contributed by atoms with Gasteiger partial charge in [-0.15, -0.1) is 0 Å². The van der Waals surface area contributed by atoms with E-state index in [2.05, 4.69) is 294 Å². The molecule has 3 nitrogen and oxygen atoms in total. The van der Waals surface area contributed by atoms with Crippen molar-refractivity contribution in [3.8, 4) is 33.8 Å². The third-order valence-corrected chi connectivity index (χ3v) is 28.8. The Morgan fingerprint density at radius 3 is 1.11 bits per heavy atom. The average Bonchev–Trinajstić information content (AvgIpc) is 3.20. The van der Waals surface area contributed by atoms with Crippen molar-refractivity contribution in [3.05, 3.63) is 259 Å². The van der Waals surface area contributed by atoms with Crippen molar-refractivity contribution in [2.45, 2.75) is 59.3 Å². The first kappa shape index (κ1) is 48.2. The second kappa shape index (κ2) is 17.9. The zero-order chi connectivity index (χ0) is 54.5. The Bertz CT molecular complexity index is 4220. The van der Waals surface area contributed by atoms with Gasteiger partial charge in [-0.1, -0.05) is 247 Å². The van der Waals surface area contributed by atoms with E-state index < -0.39 is 16.1 Å². The van der Waals surface area contributed by atoms with Crippen molar-refractivity contribution in [1.29, 1.82) is 0 Å². The van der Waals surface area contributed by atoms with E-state index in [0.29, 0.717) is 5.92 Å². The molecule has 0 N–H and O–H groups in total. The minimum Gasteiger partial charge on any atom is -0.456 e. The molecule has 0 saturated carbocycles. The SMILES string of the molecule is CC(C)c1cc(C(C)C)c(B2c3ccc(N4c5ccccc5[Si]5(c6ccccc6-c6ccccc65)c5ccccc54)cc3Oc3c2cccc3N2c3ccccc3[Si]3(c4ccccc4-c4ccccc43)c3ccccc32)c(C(C)C)c1. The molecule has 0 aromatic heterocycles. The number of anilines is 6. The van der Waals surface area contributed by atoms with Gasteiger partial charge in [0.2, 0.25) is 0 Å². The van der Waals surface area contributed by atoms with Crippen LogP contribution in [0.25, 0.3) is 22.3 Å². The smallest absolute Gasteiger partial charge is 0.251 e. The summed E-state index contributed by atoms with van der Waals surface area (Å²) in [6.07, 6.45) is 0. The number of nitrogens with zero attached hydrogens (tertiary/aromatic N) is 2. The molecule has 16 rings (SSSR count). The molecule has 0 amide bonds. The highest BCUT2D eigenvalue weighted by atomic mass is 28.3. The maximum absolute atomic E-state index is 7.88. The molecule has 2 spiro atoms. The van der Waals surface area contributed by atoms with E-state index in [1.807, 2.05) is 0 Å². The van der Waals surface area contributed by atoms with Gasteiger partial charge in [-0.05, 0) is 146 Å². The lowest BCUT2D eigenvalue weighted by Gasteiger charge is -2.44. The van der Waals surface area contributed by atoms with Crippen LogP contribution >= 0.6 is 0 Å². The fourth-order valence-electron chi connectivity index (χ4n) is 15.6. The van der Waals surface area contributed by atoms with Crippen molar-refractivity contribution >= 4 is 115 Å². The van der Waals surface area contributed by atoms with E-state index in [0.717, 1.165) is 22.9 Å². The van der Waals surface area contributed by atoms with Crippen molar-refractivity contribution < 1.29 is 4.74 Å². The van der Waals surface area contributed by atoms with Crippen LogP contribution in [0.3, 0.4) is 0 Å². The van der Waals surface area contributed by atoms with E-state index in [-0.39, 0.29) is 18.5 Å². The highest BCUT2D eigenvalue weighted by molar-refractivity contribution is 7.24. The number of para-hydroxylation sites is 5. The Kier molecular flexibility index (Phi) is 10.7. The van der Waals surface area contributed by atoms with Gasteiger partial charge in [-0.2, -0.15) is 0 Å². The lowest BCUT2D eigenvalue weighted by molar-refractivity contribution is 0.488. The summed E-state index contributed by atoms with van der Waals surface area (Å²) in [5.41, 5.74) is 20.5. The van der Waals surface area contributed by atoms with E-state index in [1.165, 1.54) is 120 Å². The van der Waals surface area contributed by atoms with Gasteiger partial charge in [0.15, 0.2) is 16.1 Å². The quantitative estimate of drug-likeness (QED) is 0.154. The first-order chi connectivity index (χ1) is 39.7. The Labute approximate surface area is 478 Å². The number of rotatable bonds is 6. The maximum atomic E-state index is 7.88. The predicted octanol–water partition coefficient (Wildman–Crippen LogP) is 12.0. The van der Waals surface area contributed by atoms with Gasteiger partial charge in [0.25, 0.3) is 6.71 Å². The molecule has 0 saturated heterocycles. The molecule has 5 heterocycles. The summed E-state index contributed by atoms with van der Waals surface area (Å²) < 4.78 is 7.88. The molecule has 11 aromatic carbocycles. The summed E-state index contributed by atoms with van der Waals surface area (Å²) in [7, 11) is -5.58. The third kappa shape index (κ3) is 6.46. The lowest BCUT2D eigenvalue weighted by Crippen LogP contribution is -2.75. The van der Waals surface area contributed by atoms with E-state index in [9.17, 15) is 0 Å². The molecule has 0 unspecified atom stereocenters. The van der Waals surface area contributed by atoms with Gasteiger partial charge < -0.3 is 14.5 Å². The van der Waals surface area contributed by atoms with Gasteiger partial charge in [-0.25, -0.2) is 0 Å². The van der Waals surface area contributed by atoms with Gasteiger partial charge in [0, 0.05) is 34.5 Å². The minimum atomic E-state index is -2.81. The van der Waals surface area contributed by atoms with Crippen molar-refractivity contribution in [2.24, 2.45) is 0 Å². The summed E-state index contributed by atoms with van der Waals surface area (Å²) in [6.45, 7) is 14.1. The zero-order valence-corrected chi connectivity index (χ0v) is 48.7. The summed E-state index contributed by atoms with van der Waals surface area (Å²) >= 11 is 0. The molecule has 6 heteroatoms. The second-order valence-electron chi connectivity index (χ2n) is 24.0. The molecule has 0 atom stereocenters. The molecule has 0 aliphatic carbocycles. The molecule has 0 radical (unpaired) electrons. The van der Waals surface area contributed by atoms with Crippen LogP contribution in [0.15, 0.2) is 243 Å². The van der Waals surface area contributed by atoms with Crippen LogP contribution in [-0.4, -0.2) is 22.9 Å². The molecule has 5 aliphatic heterocycles. The van der Waals surface area contributed by atoms with Gasteiger partial charge in [0.1, 0.15) is 11.5 Å². The van der Waals surface area contributed by atoms with Gasteiger partial charge >= 0.3 is 0 Å². The van der Waals surface area contributed by atoms with Crippen LogP contribution in [0.2, 0.25) is 0 Å². The van der Waals surface area contributed by atoms with E-state index >= 15 is 0 Å². The molecular formula is C75H61BN2OSi2. The monoisotopic (exact) mass is 1070 g/mol. The van der Waals surface area contributed by atoms with Crippen molar-refractivity contribution in [2.75, 3.05) is 9.80 Å². The minimum absolute atomic E-state index is 0.110. The Morgan fingerprint density at radius 1 is 0.333 bits per heavy atom. The summed E-state index contributed by atoms with van der Waals surface area (Å²) in [4.78, 5) is 5.10. The lowest BCUT2D eigenvalue weighted by atomic mass is 9.33. The highest BCUT2D eigenvalue weighted by Gasteiger charge is 2.56. The maximum Gasteiger partial charge on any atom is 0.251 e. The molecule has 388 valence electrons. The fraction of sp³-hybridized carbons (Fsp3) is 0.120. The predicted molar refractivity (Wildman–Crippen MR) is 348 cm³/mol. The standard InChI is InChI=1S/C75H61BN2OSi2/c1-47(2)50-44-56(48(3)4)74(57(45-50)49(5)6)76-58-43-42-51(77-60-29-11-19-38-70(60)80(71-39-20-12-30-61(71)77)66-34-15-7-24-52(66)53-25-8-16-35-67(53)80)46-65(58)79-75-59(76)28-23-33-64(75)78-62-31-13-21-40-72(62)81(73-41-22-14-32-63(73)78)68-36-17-9-26-54(68)55-27-10-18-37-69(55)81/h7-49H,1-6H3. The molecule has 81 heavy (non-hydrogen) atoms. The van der Waals surface area contributed by atoms with E-state index in [1.54, 1.807) is 0 Å². The summed E-state index contributed by atoms with van der Waals surface area (Å²) in [5, 5.41) is 11.5. The third-order valence-electron chi connectivity index (χ3n) is 18.9. The summed E-state index contributed by atoms with van der Waals surface area (Å²) in [5.74, 6) is 2.77. The largest absolute Gasteiger partial charge is 0.456 e. The highest BCUT2D eigenvalue weighted by Crippen LogP contribution is 2.48. The number of fused-ring (bicyclic) bond motifs is 20. The van der Waals surface area contributed by atoms with Gasteiger partial charge in [-0.3, -0.25) is 0 Å². The molecule has 11 aromatic rings. The van der Waals surface area contributed by atoms with Crippen LogP contribution in [0.1, 0.15) is 76.0 Å². The molecule has 0 fully saturated rings. The fourth-order valence-corrected chi connectivity index (χ4v) is 26.7. The van der Waals surface area contributed by atoms with Gasteiger partial charge in [0.05, 0.1) is 5.69 Å². The number of hydrogen-bond acceptors (Lipinski definition) is 3. The summed E-state index contributed by atoms with van der Waals surface area (Å²) in [6, 6.07) is 93.3. The molecule has 5 aliphatic rings.